The fourth-order valence-corrected chi connectivity index (χ4v) is 5.77. The van der Waals surface area contributed by atoms with Crippen LogP contribution in [0.25, 0.3) is 0 Å². The number of ketones is 1. The number of rotatable bonds is 2. The lowest BCUT2D eigenvalue weighted by Gasteiger charge is -2.59. The minimum absolute atomic E-state index is 0.145. The molecule has 22 heavy (non-hydrogen) atoms. The molecule has 1 aromatic carbocycles. The third-order valence-electron chi connectivity index (χ3n) is 6.19. The molecule has 2 atom stereocenters. The summed E-state index contributed by atoms with van der Waals surface area (Å²) in [5.74, 6) is 0.870. The molecular formula is C17H23BrN2O2+2. The fourth-order valence-electron chi connectivity index (χ4n) is 5.39. The van der Waals surface area contributed by atoms with Gasteiger partial charge in [0.15, 0.2) is 5.78 Å². The Morgan fingerprint density at radius 3 is 2.50 bits per heavy atom. The Morgan fingerprint density at radius 1 is 1.27 bits per heavy atom. The van der Waals surface area contributed by atoms with Crippen LogP contribution in [0.2, 0.25) is 0 Å². The molecule has 4 nitrogen and oxygen atoms in total. The number of phenolic OH excluding ortho intramolecular Hbond substituents is 1. The van der Waals surface area contributed by atoms with E-state index in [-0.39, 0.29) is 17.0 Å². The van der Waals surface area contributed by atoms with E-state index in [1.807, 2.05) is 12.1 Å². The van der Waals surface area contributed by atoms with Crippen LogP contribution in [-0.2, 0) is 4.79 Å². The molecule has 5 rings (SSSR count). The Balaban J connectivity index is 1.78. The molecule has 4 aliphatic rings. The normalized spacial score (nSPS) is 42.9. The lowest BCUT2D eigenvalue weighted by atomic mass is 9.60. The minimum Gasteiger partial charge on any atom is -0.507 e. The average Bonchev–Trinajstić information content (AvgIpc) is 2.46. The molecule has 3 N–H and O–H groups in total. The van der Waals surface area contributed by atoms with Crippen LogP contribution < -0.4 is 9.80 Å². The van der Waals surface area contributed by atoms with Gasteiger partial charge in [-0.05, 0) is 31.5 Å². The molecule has 0 amide bonds. The van der Waals surface area contributed by atoms with Crippen molar-refractivity contribution in [3.05, 3.63) is 28.2 Å². The highest BCUT2D eigenvalue weighted by molar-refractivity contribution is 9.10. The number of hydrogen-bond acceptors (Lipinski definition) is 2. The molecule has 118 valence electrons. The number of nitrogens with one attached hydrogen (secondary N) is 2. The van der Waals surface area contributed by atoms with Crippen LogP contribution in [-0.4, -0.2) is 37.1 Å². The van der Waals surface area contributed by atoms with E-state index in [9.17, 15) is 9.90 Å². The number of quaternary nitrogens is 2. The first-order chi connectivity index (χ1) is 10.4. The van der Waals surface area contributed by atoms with Crippen molar-refractivity contribution in [3.63, 3.8) is 0 Å². The van der Waals surface area contributed by atoms with Gasteiger partial charge in [0.25, 0.3) is 0 Å². The third kappa shape index (κ3) is 1.79. The Bertz CT molecular complexity index is 644. The second-order valence-corrected chi connectivity index (χ2v) is 8.60. The molecule has 0 aliphatic carbocycles. The summed E-state index contributed by atoms with van der Waals surface area (Å²) in [5, 5.41) is 10.3. The van der Waals surface area contributed by atoms with Crippen LogP contribution >= 0.6 is 15.9 Å². The Morgan fingerprint density at radius 2 is 1.91 bits per heavy atom. The summed E-state index contributed by atoms with van der Waals surface area (Å²) in [4.78, 5) is 15.9. The van der Waals surface area contributed by atoms with E-state index in [1.54, 1.807) is 6.07 Å². The number of hydrogen-bond donors (Lipinski definition) is 3. The van der Waals surface area contributed by atoms with Gasteiger partial charge in [0.05, 0.1) is 0 Å². The molecule has 4 saturated heterocycles. The van der Waals surface area contributed by atoms with E-state index in [1.165, 1.54) is 9.80 Å². The molecule has 5 heteroatoms. The summed E-state index contributed by atoms with van der Waals surface area (Å²) in [7, 11) is 0. The Labute approximate surface area is 139 Å². The summed E-state index contributed by atoms with van der Waals surface area (Å²) < 4.78 is 1.00. The SMILES string of the molecule is CCC12C[NH+]3CC(C)(C[NH+](C1)C3c1cc(Br)ccc1O)C2=O. The van der Waals surface area contributed by atoms with Gasteiger partial charge in [0.1, 0.15) is 48.3 Å². The minimum atomic E-state index is -0.185. The molecule has 1 aromatic rings. The first-order valence-corrected chi connectivity index (χ1v) is 8.90. The lowest BCUT2D eigenvalue weighted by Crippen LogP contribution is -3.41. The third-order valence-corrected chi connectivity index (χ3v) is 6.68. The topological polar surface area (TPSA) is 46.2 Å². The highest BCUT2D eigenvalue weighted by Crippen LogP contribution is 2.39. The van der Waals surface area contributed by atoms with Crippen LogP contribution in [0.5, 0.6) is 5.75 Å². The molecule has 4 bridgehead atoms. The molecule has 4 fully saturated rings. The molecule has 0 aromatic heterocycles. The van der Waals surface area contributed by atoms with E-state index in [4.69, 9.17) is 0 Å². The highest BCUT2D eigenvalue weighted by Gasteiger charge is 2.69. The van der Waals surface area contributed by atoms with Crippen molar-refractivity contribution in [1.29, 1.82) is 0 Å². The van der Waals surface area contributed by atoms with Crippen LogP contribution in [0.4, 0.5) is 0 Å². The Kier molecular flexibility index (Phi) is 3.04. The van der Waals surface area contributed by atoms with E-state index >= 15 is 0 Å². The summed E-state index contributed by atoms with van der Waals surface area (Å²) in [6.07, 6.45) is 1.18. The maximum absolute atomic E-state index is 12.9. The lowest BCUT2D eigenvalue weighted by molar-refractivity contribution is -1.18. The number of benzene rings is 1. The van der Waals surface area contributed by atoms with Crippen LogP contribution in [0.15, 0.2) is 22.7 Å². The average molecular weight is 367 g/mol. The predicted molar refractivity (Wildman–Crippen MR) is 85.8 cm³/mol. The number of aromatic hydroxyl groups is 1. The molecular weight excluding hydrogens is 344 g/mol. The van der Waals surface area contributed by atoms with E-state index in [0.29, 0.717) is 11.5 Å². The standard InChI is InChI=1S/C17H21BrN2O2/c1-3-17-9-19-7-16(2,15(17)22)8-20(10-17)14(19)12-6-11(18)4-5-13(12)21/h4-6,14,21H,3,7-10H2,1-2H3/p+2. The van der Waals surface area contributed by atoms with Crippen molar-refractivity contribution < 1.29 is 19.7 Å². The highest BCUT2D eigenvalue weighted by atomic mass is 79.9. The van der Waals surface area contributed by atoms with E-state index in [0.717, 1.165) is 42.6 Å². The maximum Gasteiger partial charge on any atom is 0.244 e. The molecule has 0 spiro atoms. The zero-order valence-electron chi connectivity index (χ0n) is 13.1. The first kappa shape index (κ1) is 14.7. The van der Waals surface area contributed by atoms with Gasteiger partial charge in [-0.2, -0.15) is 0 Å². The van der Waals surface area contributed by atoms with Gasteiger partial charge >= 0.3 is 0 Å². The van der Waals surface area contributed by atoms with E-state index < -0.39 is 0 Å². The van der Waals surface area contributed by atoms with Gasteiger partial charge in [-0.3, -0.25) is 14.6 Å². The van der Waals surface area contributed by atoms with Crippen molar-refractivity contribution in [2.24, 2.45) is 10.8 Å². The number of carbonyl (C=O) groups excluding carboxylic acids is 1. The van der Waals surface area contributed by atoms with Gasteiger partial charge < -0.3 is 5.11 Å². The fraction of sp³-hybridized carbons (Fsp3) is 0.588. The monoisotopic (exact) mass is 366 g/mol. The maximum atomic E-state index is 12.9. The summed E-state index contributed by atoms with van der Waals surface area (Å²) >= 11 is 3.52. The van der Waals surface area contributed by atoms with Gasteiger partial charge in [-0.15, -0.1) is 0 Å². The van der Waals surface area contributed by atoms with Crippen molar-refractivity contribution >= 4 is 21.7 Å². The second-order valence-electron chi connectivity index (χ2n) is 7.68. The van der Waals surface area contributed by atoms with Crippen molar-refractivity contribution in [2.75, 3.05) is 26.2 Å². The first-order valence-electron chi connectivity index (χ1n) is 8.11. The zero-order valence-corrected chi connectivity index (χ0v) is 14.7. The van der Waals surface area contributed by atoms with Crippen LogP contribution in [0.1, 0.15) is 32.0 Å². The smallest absolute Gasteiger partial charge is 0.244 e. The largest absolute Gasteiger partial charge is 0.507 e. The quantitative estimate of drug-likeness (QED) is 0.686. The number of phenols is 1. The van der Waals surface area contributed by atoms with Crippen molar-refractivity contribution in [3.8, 4) is 5.75 Å². The van der Waals surface area contributed by atoms with Crippen molar-refractivity contribution in [1.82, 2.24) is 0 Å². The molecule has 4 heterocycles. The van der Waals surface area contributed by atoms with Crippen LogP contribution in [0, 0.1) is 10.8 Å². The number of Topliss-reactive ketones (excluding diaryl/α,β-unsaturated/α-hetero) is 1. The Hall–Kier alpha value is -0.910. The predicted octanol–water partition coefficient (Wildman–Crippen LogP) is -0.0643. The van der Waals surface area contributed by atoms with E-state index in [2.05, 4.69) is 29.8 Å². The molecule has 0 saturated carbocycles. The molecule has 0 radical (unpaired) electrons. The number of piperidine rings is 2. The second kappa shape index (κ2) is 4.56. The van der Waals surface area contributed by atoms with Crippen LogP contribution in [0.3, 0.4) is 0 Å². The molecule has 4 aliphatic heterocycles. The number of carbonyl (C=O) groups is 1. The molecule has 2 unspecified atom stereocenters. The summed E-state index contributed by atoms with van der Waals surface area (Å²) in [5.41, 5.74) is 0.684. The van der Waals surface area contributed by atoms with Gasteiger partial charge in [0, 0.05) is 4.47 Å². The van der Waals surface area contributed by atoms with Gasteiger partial charge in [0.2, 0.25) is 6.17 Å². The zero-order chi connectivity index (χ0) is 15.7. The summed E-state index contributed by atoms with van der Waals surface area (Å²) in [6, 6.07) is 5.70. The van der Waals surface area contributed by atoms with Crippen molar-refractivity contribution in [2.45, 2.75) is 26.4 Å². The summed E-state index contributed by atoms with van der Waals surface area (Å²) in [6.45, 7) is 7.92. The number of halogens is 1. The van der Waals surface area contributed by atoms with Gasteiger partial charge in [-0.1, -0.05) is 22.9 Å². The van der Waals surface area contributed by atoms with Gasteiger partial charge in [-0.25, -0.2) is 0 Å².